The van der Waals surface area contributed by atoms with Crippen molar-refractivity contribution in [2.45, 2.75) is 6.04 Å². The summed E-state index contributed by atoms with van der Waals surface area (Å²) in [6.07, 6.45) is 0. The Labute approximate surface area is 102 Å². The summed E-state index contributed by atoms with van der Waals surface area (Å²) < 4.78 is 26.3. The van der Waals surface area contributed by atoms with Gasteiger partial charge in [-0.2, -0.15) is 0 Å². The maximum Gasteiger partial charge on any atom is 0.128 e. The Balaban J connectivity index is 0.00000128. The van der Waals surface area contributed by atoms with Gasteiger partial charge in [0.25, 0.3) is 0 Å². The first-order valence-electron chi connectivity index (χ1n) is 4.42. The smallest absolute Gasteiger partial charge is 0.128 e. The van der Waals surface area contributed by atoms with Gasteiger partial charge in [-0.3, -0.25) is 0 Å². The first-order chi connectivity index (χ1) is 7.18. The SMILES string of the molecule is Cl.N[C@H](c1cccs1)c1cc(F)ccc1F. The highest BCUT2D eigenvalue weighted by Crippen LogP contribution is 2.25. The number of thiophene rings is 1. The Morgan fingerprint density at radius 3 is 2.56 bits per heavy atom. The van der Waals surface area contributed by atoms with Gasteiger partial charge in [-0.25, -0.2) is 8.78 Å². The van der Waals surface area contributed by atoms with E-state index in [0.29, 0.717) is 0 Å². The average molecular weight is 262 g/mol. The van der Waals surface area contributed by atoms with Crippen LogP contribution in [0.3, 0.4) is 0 Å². The van der Waals surface area contributed by atoms with Crippen LogP contribution in [0, 0.1) is 11.6 Å². The summed E-state index contributed by atoms with van der Waals surface area (Å²) in [5, 5.41) is 1.85. The van der Waals surface area contributed by atoms with E-state index in [1.54, 1.807) is 6.07 Å². The van der Waals surface area contributed by atoms with Gasteiger partial charge in [0.05, 0.1) is 6.04 Å². The first-order valence-corrected chi connectivity index (χ1v) is 5.30. The number of benzene rings is 1. The molecule has 0 aliphatic rings. The lowest BCUT2D eigenvalue weighted by atomic mass is 10.1. The first kappa shape index (κ1) is 13.1. The molecule has 2 N–H and O–H groups in total. The van der Waals surface area contributed by atoms with E-state index < -0.39 is 17.7 Å². The lowest BCUT2D eigenvalue weighted by molar-refractivity contribution is 0.578. The maximum atomic E-state index is 13.4. The van der Waals surface area contributed by atoms with Gasteiger partial charge in [-0.05, 0) is 29.6 Å². The molecule has 1 aromatic carbocycles. The molecule has 0 unspecified atom stereocenters. The van der Waals surface area contributed by atoms with Crippen LogP contribution in [0.2, 0.25) is 0 Å². The Morgan fingerprint density at radius 1 is 1.19 bits per heavy atom. The van der Waals surface area contributed by atoms with Crippen molar-refractivity contribution in [2.24, 2.45) is 5.73 Å². The lowest BCUT2D eigenvalue weighted by Crippen LogP contribution is -2.12. The van der Waals surface area contributed by atoms with E-state index in [9.17, 15) is 8.78 Å². The fourth-order valence-corrected chi connectivity index (χ4v) is 2.12. The van der Waals surface area contributed by atoms with Crippen molar-refractivity contribution < 1.29 is 8.78 Å². The van der Waals surface area contributed by atoms with Crippen LogP contribution in [0.15, 0.2) is 35.7 Å². The number of rotatable bonds is 2. The van der Waals surface area contributed by atoms with E-state index in [-0.39, 0.29) is 18.0 Å². The molecule has 1 aromatic heterocycles. The molecule has 1 nitrogen and oxygen atoms in total. The summed E-state index contributed by atoms with van der Waals surface area (Å²) in [6.45, 7) is 0. The van der Waals surface area contributed by atoms with E-state index in [1.165, 1.54) is 11.3 Å². The molecule has 0 saturated carbocycles. The number of hydrogen-bond acceptors (Lipinski definition) is 2. The van der Waals surface area contributed by atoms with E-state index >= 15 is 0 Å². The molecular formula is C11H10ClF2NS. The Morgan fingerprint density at radius 2 is 1.94 bits per heavy atom. The quantitative estimate of drug-likeness (QED) is 0.880. The fourth-order valence-electron chi connectivity index (χ4n) is 1.37. The molecule has 5 heteroatoms. The van der Waals surface area contributed by atoms with Gasteiger partial charge in [-0.15, -0.1) is 23.7 Å². The minimum absolute atomic E-state index is 0. The van der Waals surface area contributed by atoms with Gasteiger partial charge in [0, 0.05) is 10.4 Å². The van der Waals surface area contributed by atoms with Crippen molar-refractivity contribution in [2.75, 3.05) is 0 Å². The van der Waals surface area contributed by atoms with Gasteiger partial charge in [0.1, 0.15) is 11.6 Å². The third-order valence-electron chi connectivity index (χ3n) is 2.14. The van der Waals surface area contributed by atoms with Crippen LogP contribution in [-0.2, 0) is 0 Å². The summed E-state index contributed by atoms with van der Waals surface area (Å²) >= 11 is 1.43. The summed E-state index contributed by atoms with van der Waals surface area (Å²) in [7, 11) is 0. The van der Waals surface area contributed by atoms with Crippen molar-refractivity contribution in [3.8, 4) is 0 Å². The highest BCUT2D eigenvalue weighted by Gasteiger charge is 2.14. The zero-order chi connectivity index (χ0) is 10.8. The second-order valence-corrected chi connectivity index (χ2v) is 4.14. The molecule has 0 saturated heterocycles. The topological polar surface area (TPSA) is 26.0 Å². The van der Waals surface area contributed by atoms with Crippen molar-refractivity contribution in [1.82, 2.24) is 0 Å². The molecule has 0 aliphatic carbocycles. The normalized spacial score (nSPS) is 11.9. The van der Waals surface area contributed by atoms with Gasteiger partial charge < -0.3 is 5.73 Å². The Kier molecular flexibility index (Phi) is 4.41. The zero-order valence-electron chi connectivity index (χ0n) is 8.19. The summed E-state index contributed by atoms with van der Waals surface area (Å²) in [4.78, 5) is 0.819. The standard InChI is InChI=1S/C11H9F2NS.ClH/c12-7-3-4-9(13)8(6-7)11(14)10-2-1-5-15-10;/h1-6,11H,14H2;1H/t11-;/m0./s1. The van der Waals surface area contributed by atoms with Crippen LogP contribution >= 0.6 is 23.7 Å². The van der Waals surface area contributed by atoms with Gasteiger partial charge in [-0.1, -0.05) is 6.07 Å². The largest absolute Gasteiger partial charge is 0.320 e. The van der Waals surface area contributed by atoms with Crippen LogP contribution in [0.1, 0.15) is 16.5 Å². The summed E-state index contributed by atoms with van der Waals surface area (Å²) in [5.41, 5.74) is 6.03. The van der Waals surface area contributed by atoms with Crippen LogP contribution < -0.4 is 5.73 Å². The molecule has 16 heavy (non-hydrogen) atoms. The average Bonchev–Trinajstić information content (AvgIpc) is 2.74. The van der Waals surface area contributed by atoms with Gasteiger partial charge >= 0.3 is 0 Å². The number of halogens is 3. The van der Waals surface area contributed by atoms with E-state index in [0.717, 1.165) is 23.1 Å². The second kappa shape index (κ2) is 5.39. The highest BCUT2D eigenvalue weighted by molar-refractivity contribution is 7.10. The van der Waals surface area contributed by atoms with Crippen LogP contribution in [-0.4, -0.2) is 0 Å². The van der Waals surface area contributed by atoms with Crippen molar-refractivity contribution in [1.29, 1.82) is 0 Å². The minimum Gasteiger partial charge on any atom is -0.320 e. The van der Waals surface area contributed by atoms with Gasteiger partial charge in [0.2, 0.25) is 0 Å². The van der Waals surface area contributed by atoms with E-state index in [1.807, 2.05) is 11.4 Å². The molecule has 1 atom stereocenters. The molecular weight excluding hydrogens is 252 g/mol. The van der Waals surface area contributed by atoms with Crippen LogP contribution in [0.5, 0.6) is 0 Å². The van der Waals surface area contributed by atoms with Crippen molar-refractivity contribution in [3.63, 3.8) is 0 Å². The fraction of sp³-hybridized carbons (Fsp3) is 0.0909. The second-order valence-electron chi connectivity index (χ2n) is 3.16. The van der Waals surface area contributed by atoms with Crippen LogP contribution in [0.4, 0.5) is 8.78 Å². The van der Waals surface area contributed by atoms with Gasteiger partial charge in [0.15, 0.2) is 0 Å². The molecule has 0 radical (unpaired) electrons. The Hall–Kier alpha value is -0.970. The zero-order valence-corrected chi connectivity index (χ0v) is 9.82. The number of nitrogens with two attached hydrogens (primary N) is 1. The summed E-state index contributed by atoms with van der Waals surface area (Å²) in [6, 6.07) is 6.36. The molecule has 86 valence electrons. The molecule has 2 aromatic rings. The van der Waals surface area contributed by atoms with E-state index in [4.69, 9.17) is 5.73 Å². The predicted octanol–water partition coefficient (Wildman–Crippen LogP) is 3.50. The molecule has 2 rings (SSSR count). The third kappa shape index (κ3) is 2.58. The highest BCUT2D eigenvalue weighted by atomic mass is 35.5. The minimum atomic E-state index is -0.597. The van der Waals surface area contributed by atoms with Crippen molar-refractivity contribution in [3.05, 3.63) is 57.8 Å². The third-order valence-corrected chi connectivity index (χ3v) is 3.10. The Bertz CT molecular complexity index is 459. The maximum absolute atomic E-state index is 13.4. The molecule has 0 amide bonds. The molecule has 0 spiro atoms. The molecule has 0 aliphatic heterocycles. The molecule has 0 bridgehead atoms. The lowest BCUT2D eigenvalue weighted by Gasteiger charge is -2.10. The molecule has 1 heterocycles. The number of hydrogen-bond donors (Lipinski definition) is 1. The van der Waals surface area contributed by atoms with E-state index in [2.05, 4.69) is 0 Å². The predicted molar refractivity (Wildman–Crippen MR) is 64.0 cm³/mol. The molecule has 0 fully saturated rings. The monoisotopic (exact) mass is 261 g/mol. The van der Waals surface area contributed by atoms with Crippen LogP contribution in [0.25, 0.3) is 0 Å². The summed E-state index contributed by atoms with van der Waals surface area (Å²) in [5.74, 6) is -0.948. The van der Waals surface area contributed by atoms with Crippen molar-refractivity contribution >= 4 is 23.7 Å².